The molecule has 102 valence electrons. The molecule has 0 aliphatic heterocycles. The second kappa shape index (κ2) is 8.02. The number of non-ortho nitro benzene ring substituents is 1. The van der Waals surface area contributed by atoms with Crippen molar-refractivity contribution in [1.82, 2.24) is 5.32 Å². The van der Waals surface area contributed by atoms with Crippen LogP contribution < -0.4 is 10.6 Å². The van der Waals surface area contributed by atoms with Gasteiger partial charge in [0.1, 0.15) is 6.07 Å². The normalized spacial score (nSPS) is 9.89. The zero-order valence-corrected chi connectivity index (χ0v) is 10.7. The molecule has 0 amide bonds. The number of nitrogens with one attached hydrogen (secondary N) is 2. The number of methoxy groups -OCH3 is 1. The quantitative estimate of drug-likeness (QED) is 0.414. The molecule has 1 aromatic carbocycles. The highest BCUT2D eigenvalue weighted by Crippen LogP contribution is 2.20. The van der Waals surface area contributed by atoms with Gasteiger partial charge in [-0.05, 0) is 6.07 Å². The smallest absolute Gasteiger partial charge is 0.270 e. The Labute approximate surface area is 111 Å². The molecule has 0 aliphatic carbocycles. The summed E-state index contributed by atoms with van der Waals surface area (Å²) < 4.78 is 4.89. The van der Waals surface area contributed by atoms with Gasteiger partial charge in [-0.3, -0.25) is 10.1 Å². The van der Waals surface area contributed by atoms with Crippen molar-refractivity contribution in [3.63, 3.8) is 0 Å². The minimum Gasteiger partial charge on any atom is -0.383 e. The molecule has 0 radical (unpaired) electrons. The fraction of sp³-hybridized carbons (Fsp3) is 0.417. The predicted molar refractivity (Wildman–Crippen MR) is 71.0 cm³/mol. The van der Waals surface area contributed by atoms with E-state index >= 15 is 0 Å². The van der Waals surface area contributed by atoms with Crippen molar-refractivity contribution >= 4 is 11.4 Å². The van der Waals surface area contributed by atoms with Gasteiger partial charge in [0.05, 0.1) is 22.8 Å². The zero-order valence-electron chi connectivity index (χ0n) is 10.7. The number of rotatable bonds is 8. The summed E-state index contributed by atoms with van der Waals surface area (Å²) in [6.07, 6.45) is 0. The summed E-state index contributed by atoms with van der Waals surface area (Å²) >= 11 is 0. The third-order valence-electron chi connectivity index (χ3n) is 2.43. The Bertz CT molecular complexity index is 471. The minimum atomic E-state index is -0.517. The maximum atomic E-state index is 10.6. The molecule has 2 N–H and O–H groups in total. The lowest BCUT2D eigenvalue weighted by atomic mass is 10.1. The molecule has 0 heterocycles. The first-order chi connectivity index (χ1) is 9.19. The van der Waals surface area contributed by atoms with Crippen LogP contribution in [0.15, 0.2) is 18.2 Å². The molecule has 7 heteroatoms. The summed E-state index contributed by atoms with van der Waals surface area (Å²) in [5.41, 5.74) is 0.785. The van der Waals surface area contributed by atoms with Crippen molar-refractivity contribution in [2.24, 2.45) is 0 Å². The summed E-state index contributed by atoms with van der Waals surface area (Å²) in [5.74, 6) is 0. The highest BCUT2D eigenvalue weighted by molar-refractivity contribution is 5.61. The summed E-state index contributed by atoms with van der Waals surface area (Å²) in [7, 11) is 1.63. The average Bonchev–Trinajstić information content (AvgIpc) is 2.42. The fourth-order valence-corrected chi connectivity index (χ4v) is 1.48. The third kappa shape index (κ3) is 4.91. The summed E-state index contributed by atoms with van der Waals surface area (Å²) in [6, 6.07) is 6.13. The van der Waals surface area contributed by atoms with E-state index < -0.39 is 4.92 Å². The van der Waals surface area contributed by atoms with E-state index in [-0.39, 0.29) is 11.3 Å². The van der Waals surface area contributed by atoms with Crippen LogP contribution in [0.4, 0.5) is 11.4 Å². The highest BCUT2D eigenvalue weighted by atomic mass is 16.6. The molecule has 0 spiro atoms. The van der Waals surface area contributed by atoms with E-state index in [1.807, 2.05) is 6.07 Å². The van der Waals surface area contributed by atoms with Gasteiger partial charge >= 0.3 is 0 Å². The first kappa shape index (κ1) is 14.9. The number of benzene rings is 1. The van der Waals surface area contributed by atoms with Crippen LogP contribution >= 0.6 is 0 Å². The first-order valence-corrected chi connectivity index (χ1v) is 5.81. The lowest BCUT2D eigenvalue weighted by molar-refractivity contribution is -0.384. The van der Waals surface area contributed by atoms with Gasteiger partial charge in [-0.25, -0.2) is 0 Å². The van der Waals surface area contributed by atoms with Crippen LogP contribution in [0.25, 0.3) is 0 Å². The van der Waals surface area contributed by atoms with Crippen molar-refractivity contribution in [3.05, 3.63) is 33.9 Å². The van der Waals surface area contributed by atoms with Crippen LogP contribution in [-0.2, 0) is 4.74 Å². The Kier molecular flexibility index (Phi) is 6.29. The van der Waals surface area contributed by atoms with E-state index in [4.69, 9.17) is 10.00 Å². The van der Waals surface area contributed by atoms with E-state index in [2.05, 4.69) is 10.6 Å². The Hall–Kier alpha value is -2.17. The predicted octanol–water partition coefficient (Wildman–Crippen LogP) is 1.11. The monoisotopic (exact) mass is 264 g/mol. The molecule has 1 rings (SSSR count). The fourth-order valence-electron chi connectivity index (χ4n) is 1.48. The van der Waals surface area contributed by atoms with Gasteiger partial charge in [-0.15, -0.1) is 0 Å². The lowest BCUT2D eigenvalue weighted by Crippen LogP contribution is -2.25. The van der Waals surface area contributed by atoms with Crippen LogP contribution in [-0.4, -0.2) is 38.3 Å². The molecule has 0 unspecified atom stereocenters. The van der Waals surface area contributed by atoms with Crippen molar-refractivity contribution < 1.29 is 9.66 Å². The summed E-state index contributed by atoms with van der Waals surface area (Å²) in [5, 5.41) is 25.8. The van der Waals surface area contributed by atoms with Gasteiger partial charge in [0.15, 0.2) is 0 Å². The molecule has 1 aromatic rings. The van der Waals surface area contributed by atoms with E-state index in [1.165, 1.54) is 12.1 Å². The van der Waals surface area contributed by atoms with Crippen molar-refractivity contribution in [3.8, 4) is 6.07 Å². The van der Waals surface area contributed by atoms with Crippen LogP contribution in [0, 0.1) is 21.4 Å². The van der Waals surface area contributed by atoms with E-state index in [9.17, 15) is 10.1 Å². The molecule has 0 saturated carbocycles. The van der Waals surface area contributed by atoms with Gasteiger partial charge in [-0.1, -0.05) is 0 Å². The number of nitrogens with zero attached hydrogens (tertiary/aromatic N) is 2. The largest absolute Gasteiger partial charge is 0.383 e. The summed E-state index contributed by atoms with van der Waals surface area (Å²) in [6.45, 7) is 2.73. The zero-order chi connectivity index (χ0) is 14.1. The molecule has 19 heavy (non-hydrogen) atoms. The first-order valence-electron chi connectivity index (χ1n) is 5.81. The van der Waals surface area contributed by atoms with Crippen LogP contribution in [0.1, 0.15) is 5.56 Å². The SMILES string of the molecule is COCCNCCNc1ccc([N+](=O)[O-])cc1C#N. The molecule has 7 nitrogen and oxygen atoms in total. The number of anilines is 1. The standard InChI is InChI=1S/C12H16N4O3/c1-19-7-6-14-4-5-15-12-3-2-11(16(17)18)8-10(12)9-13/h2-3,8,14-15H,4-7H2,1H3. The molecule has 0 aliphatic rings. The Morgan fingerprint density at radius 2 is 2.21 bits per heavy atom. The molecular weight excluding hydrogens is 248 g/mol. The number of nitro benzene ring substituents is 1. The Balaban J connectivity index is 2.50. The topological polar surface area (TPSA) is 100 Å². The van der Waals surface area contributed by atoms with Crippen LogP contribution in [0.5, 0.6) is 0 Å². The number of hydrogen-bond acceptors (Lipinski definition) is 6. The second-order valence-electron chi connectivity index (χ2n) is 3.77. The van der Waals surface area contributed by atoms with Crippen molar-refractivity contribution in [1.29, 1.82) is 5.26 Å². The van der Waals surface area contributed by atoms with Gasteiger partial charge < -0.3 is 15.4 Å². The van der Waals surface area contributed by atoms with E-state index in [0.717, 1.165) is 6.54 Å². The number of nitriles is 1. The van der Waals surface area contributed by atoms with Gasteiger partial charge in [0.25, 0.3) is 5.69 Å². The van der Waals surface area contributed by atoms with Gasteiger partial charge in [-0.2, -0.15) is 5.26 Å². The van der Waals surface area contributed by atoms with E-state index in [0.29, 0.717) is 25.4 Å². The minimum absolute atomic E-state index is 0.0830. The number of nitro groups is 1. The third-order valence-corrected chi connectivity index (χ3v) is 2.43. The van der Waals surface area contributed by atoms with Gasteiger partial charge in [0.2, 0.25) is 0 Å². The molecule has 0 bridgehead atoms. The maximum Gasteiger partial charge on any atom is 0.270 e. The van der Waals surface area contributed by atoms with Gasteiger partial charge in [0, 0.05) is 38.9 Å². The van der Waals surface area contributed by atoms with Crippen LogP contribution in [0.3, 0.4) is 0 Å². The maximum absolute atomic E-state index is 10.6. The Morgan fingerprint density at radius 3 is 2.84 bits per heavy atom. The number of ether oxygens (including phenoxy) is 1. The molecule has 0 fully saturated rings. The van der Waals surface area contributed by atoms with E-state index in [1.54, 1.807) is 13.2 Å². The summed E-state index contributed by atoms with van der Waals surface area (Å²) in [4.78, 5) is 10.1. The highest BCUT2D eigenvalue weighted by Gasteiger charge is 2.09. The van der Waals surface area contributed by atoms with Crippen molar-refractivity contribution in [2.45, 2.75) is 0 Å². The molecule has 0 aromatic heterocycles. The van der Waals surface area contributed by atoms with Crippen molar-refractivity contribution in [2.75, 3.05) is 38.7 Å². The average molecular weight is 264 g/mol. The lowest BCUT2D eigenvalue weighted by Gasteiger charge is -2.08. The molecule has 0 atom stereocenters. The Morgan fingerprint density at radius 1 is 1.42 bits per heavy atom. The number of hydrogen-bond donors (Lipinski definition) is 2. The molecule has 0 saturated heterocycles. The van der Waals surface area contributed by atoms with Crippen LogP contribution in [0.2, 0.25) is 0 Å². The molecular formula is C12H16N4O3. The second-order valence-corrected chi connectivity index (χ2v) is 3.77.